The van der Waals surface area contributed by atoms with Gasteiger partial charge >= 0.3 is 0 Å². The van der Waals surface area contributed by atoms with Crippen LogP contribution in [0.25, 0.3) is 0 Å². The fourth-order valence-electron chi connectivity index (χ4n) is 2.38. The molecule has 6 nitrogen and oxygen atoms in total. The van der Waals surface area contributed by atoms with E-state index in [1.165, 1.54) is 11.8 Å². The number of rotatable bonds is 3. The molecule has 0 radical (unpaired) electrons. The number of anilines is 1. The van der Waals surface area contributed by atoms with Crippen molar-refractivity contribution in [3.8, 4) is 0 Å². The van der Waals surface area contributed by atoms with Crippen molar-refractivity contribution in [2.24, 2.45) is 0 Å². The summed E-state index contributed by atoms with van der Waals surface area (Å²) >= 11 is 1.51. The SMILES string of the molecule is CSc1ccnc(C(=O)N2CCN(c3ccccn3)CC2)n1. The Balaban J connectivity index is 1.64. The number of pyridine rings is 1. The van der Waals surface area contributed by atoms with Crippen LogP contribution < -0.4 is 4.90 Å². The summed E-state index contributed by atoms with van der Waals surface area (Å²) in [7, 11) is 0. The van der Waals surface area contributed by atoms with E-state index in [9.17, 15) is 4.79 Å². The number of amides is 1. The van der Waals surface area contributed by atoms with Gasteiger partial charge in [-0.3, -0.25) is 4.79 Å². The van der Waals surface area contributed by atoms with Crippen LogP contribution in [0, 0.1) is 0 Å². The molecule has 7 heteroatoms. The van der Waals surface area contributed by atoms with E-state index in [1.54, 1.807) is 23.4 Å². The van der Waals surface area contributed by atoms with E-state index in [4.69, 9.17) is 0 Å². The van der Waals surface area contributed by atoms with Crippen molar-refractivity contribution in [1.82, 2.24) is 19.9 Å². The van der Waals surface area contributed by atoms with Crippen LogP contribution in [0.15, 0.2) is 41.7 Å². The first-order valence-electron chi connectivity index (χ1n) is 7.10. The molecule has 22 heavy (non-hydrogen) atoms. The average Bonchev–Trinajstić information content (AvgIpc) is 2.62. The molecule has 3 rings (SSSR count). The van der Waals surface area contributed by atoms with Crippen LogP contribution in [0.5, 0.6) is 0 Å². The third-order valence-electron chi connectivity index (χ3n) is 3.57. The number of hydrogen-bond acceptors (Lipinski definition) is 6. The molecule has 1 aliphatic rings. The molecule has 0 bridgehead atoms. The maximum Gasteiger partial charge on any atom is 0.291 e. The molecule has 0 spiro atoms. The lowest BCUT2D eigenvalue weighted by molar-refractivity contribution is 0.0733. The van der Waals surface area contributed by atoms with E-state index in [0.29, 0.717) is 13.1 Å². The summed E-state index contributed by atoms with van der Waals surface area (Å²) in [4.78, 5) is 29.2. The molecule has 0 saturated carbocycles. The van der Waals surface area contributed by atoms with Gasteiger partial charge in [-0.1, -0.05) is 6.07 Å². The van der Waals surface area contributed by atoms with E-state index in [2.05, 4.69) is 19.9 Å². The van der Waals surface area contributed by atoms with Crippen LogP contribution in [0.1, 0.15) is 10.6 Å². The summed E-state index contributed by atoms with van der Waals surface area (Å²) in [5, 5.41) is 0.811. The van der Waals surface area contributed by atoms with Crippen molar-refractivity contribution in [3.05, 3.63) is 42.5 Å². The van der Waals surface area contributed by atoms with E-state index >= 15 is 0 Å². The molecular weight excluding hydrogens is 298 g/mol. The maximum absolute atomic E-state index is 12.5. The summed E-state index contributed by atoms with van der Waals surface area (Å²) in [6.45, 7) is 2.85. The van der Waals surface area contributed by atoms with Gasteiger partial charge in [0.05, 0.1) is 5.03 Å². The third kappa shape index (κ3) is 3.19. The van der Waals surface area contributed by atoms with Gasteiger partial charge < -0.3 is 9.80 Å². The van der Waals surface area contributed by atoms with Gasteiger partial charge in [0, 0.05) is 38.6 Å². The quantitative estimate of drug-likeness (QED) is 0.633. The number of carbonyl (C=O) groups excluding carboxylic acids is 1. The summed E-state index contributed by atoms with van der Waals surface area (Å²) in [5.74, 6) is 1.13. The fourth-order valence-corrected chi connectivity index (χ4v) is 2.75. The minimum atomic E-state index is -0.100. The smallest absolute Gasteiger partial charge is 0.291 e. The number of nitrogens with zero attached hydrogens (tertiary/aromatic N) is 5. The first-order valence-corrected chi connectivity index (χ1v) is 8.32. The summed E-state index contributed by atoms with van der Waals surface area (Å²) in [5.41, 5.74) is 0. The number of carbonyl (C=O) groups is 1. The van der Waals surface area contributed by atoms with Crippen LogP contribution in [0.3, 0.4) is 0 Å². The van der Waals surface area contributed by atoms with Crippen molar-refractivity contribution >= 4 is 23.5 Å². The zero-order chi connectivity index (χ0) is 15.4. The molecule has 3 heterocycles. The fraction of sp³-hybridized carbons (Fsp3) is 0.333. The number of aromatic nitrogens is 3. The normalized spacial score (nSPS) is 15.0. The zero-order valence-corrected chi connectivity index (χ0v) is 13.2. The van der Waals surface area contributed by atoms with Gasteiger partial charge in [-0.15, -0.1) is 11.8 Å². The first-order chi connectivity index (χ1) is 10.8. The zero-order valence-electron chi connectivity index (χ0n) is 12.3. The largest absolute Gasteiger partial charge is 0.353 e. The highest BCUT2D eigenvalue weighted by Gasteiger charge is 2.24. The van der Waals surface area contributed by atoms with Crippen LogP contribution >= 0.6 is 11.8 Å². The Kier molecular flexibility index (Phi) is 4.53. The van der Waals surface area contributed by atoms with Crippen LogP contribution in [-0.2, 0) is 0 Å². The third-order valence-corrected chi connectivity index (χ3v) is 4.22. The van der Waals surface area contributed by atoms with E-state index in [0.717, 1.165) is 23.9 Å². The Hall–Kier alpha value is -2.15. The lowest BCUT2D eigenvalue weighted by Crippen LogP contribution is -2.49. The first kappa shape index (κ1) is 14.8. The molecule has 0 unspecified atom stereocenters. The molecule has 0 aromatic carbocycles. The molecule has 0 atom stereocenters. The topological polar surface area (TPSA) is 62.2 Å². The molecule has 1 fully saturated rings. The molecule has 1 saturated heterocycles. The van der Waals surface area contributed by atoms with Crippen molar-refractivity contribution in [1.29, 1.82) is 0 Å². The lowest BCUT2D eigenvalue weighted by atomic mass is 10.3. The second-order valence-electron chi connectivity index (χ2n) is 4.89. The molecule has 114 valence electrons. The monoisotopic (exact) mass is 315 g/mol. The highest BCUT2D eigenvalue weighted by molar-refractivity contribution is 7.98. The summed E-state index contributed by atoms with van der Waals surface area (Å²) < 4.78 is 0. The van der Waals surface area contributed by atoms with Gasteiger partial charge in [-0.2, -0.15) is 0 Å². The van der Waals surface area contributed by atoms with Crippen LogP contribution in [-0.4, -0.2) is 58.2 Å². The van der Waals surface area contributed by atoms with Gasteiger partial charge in [-0.25, -0.2) is 15.0 Å². The molecular formula is C15H17N5OS. The Bertz CT molecular complexity index is 643. The van der Waals surface area contributed by atoms with Crippen molar-refractivity contribution in [2.75, 3.05) is 37.3 Å². The molecule has 2 aromatic heterocycles. The highest BCUT2D eigenvalue weighted by atomic mass is 32.2. The Morgan fingerprint density at radius 3 is 2.59 bits per heavy atom. The average molecular weight is 315 g/mol. The van der Waals surface area contributed by atoms with Gasteiger partial charge in [-0.05, 0) is 24.5 Å². The second kappa shape index (κ2) is 6.74. The minimum Gasteiger partial charge on any atom is -0.353 e. The van der Waals surface area contributed by atoms with Gasteiger partial charge in [0.15, 0.2) is 0 Å². The van der Waals surface area contributed by atoms with Crippen molar-refractivity contribution < 1.29 is 4.79 Å². The number of hydrogen-bond donors (Lipinski definition) is 0. The molecule has 0 N–H and O–H groups in total. The molecule has 0 aliphatic carbocycles. The lowest BCUT2D eigenvalue weighted by Gasteiger charge is -2.35. The minimum absolute atomic E-state index is 0.100. The van der Waals surface area contributed by atoms with Gasteiger partial charge in [0.25, 0.3) is 5.91 Å². The molecule has 2 aromatic rings. The maximum atomic E-state index is 12.5. The van der Waals surface area contributed by atoms with E-state index in [-0.39, 0.29) is 11.7 Å². The number of piperazine rings is 1. The molecule has 1 amide bonds. The summed E-state index contributed by atoms with van der Waals surface area (Å²) in [6, 6.07) is 7.67. The summed E-state index contributed by atoms with van der Waals surface area (Å²) in [6.07, 6.45) is 5.35. The van der Waals surface area contributed by atoms with Crippen molar-refractivity contribution in [3.63, 3.8) is 0 Å². The predicted molar refractivity (Wildman–Crippen MR) is 86.2 cm³/mol. The van der Waals surface area contributed by atoms with Crippen LogP contribution in [0.4, 0.5) is 5.82 Å². The number of thioether (sulfide) groups is 1. The Morgan fingerprint density at radius 2 is 1.91 bits per heavy atom. The van der Waals surface area contributed by atoms with Gasteiger partial charge in [0.2, 0.25) is 5.82 Å². The second-order valence-corrected chi connectivity index (χ2v) is 5.72. The molecule has 1 aliphatic heterocycles. The van der Waals surface area contributed by atoms with Gasteiger partial charge in [0.1, 0.15) is 5.82 Å². The van der Waals surface area contributed by atoms with E-state index in [1.807, 2.05) is 24.5 Å². The van der Waals surface area contributed by atoms with Crippen LogP contribution in [0.2, 0.25) is 0 Å². The standard InChI is InChI=1S/C15H17N5OS/c1-22-13-5-7-17-14(18-13)15(21)20-10-8-19(9-11-20)12-4-2-3-6-16-12/h2-7H,8-11H2,1H3. The predicted octanol–water partition coefficient (Wildman–Crippen LogP) is 1.56. The Labute approximate surface area is 133 Å². The van der Waals surface area contributed by atoms with E-state index < -0.39 is 0 Å². The Morgan fingerprint density at radius 1 is 1.09 bits per heavy atom. The van der Waals surface area contributed by atoms with Crippen molar-refractivity contribution in [2.45, 2.75) is 5.03 Å². The highest BCUT2D eigenvalue weighted by Crippen LogP contribution is 2.15.